The van der Waals surface area contributed by atoms with Crippen LogP contribution in [-0.4, -0.2) is 29.2 Å². The van der Waals surface area contributed by atoms with Crippen LogP contribution >= 0.6 is 11.3 Å². The molecule has 3 heterocycles. The van der Waals surface area contributed by atoms with Gasteiger partial charge in [-0.05, 0) is 25.1 Å². The SMILES string of the molecule is COCCn1cc(C(=O)NCc2cc3ncccc3s2)c(=O)cc1C. The zero-order chi connectivity index (χ0) is 17.8. The van der Waals surface area contributed by atoms with Crippen LogP contribution in [0, 0.1) is 6.92 Å². The number of rotatable bonds is 6. The van der Waals surface area contributed by atoms with Crippen molar-refractivity contribution in [3.8, 4) is 0 Å². The minimum atomic E-state index is -0.374. The highest BCUT2D eigenvalue weighted by Crippen LogP contribution is 2.23. The third-order valence-electron chi connectivity index (χ3n) is 3.89. The molecule has 0 saturated heterocycles. The molecule has 0 bridgehead atoms. The van der Waals surface area contributed by atoms with Crippen molar-refractivity contribution in [3.63, 3.8) is 0 Å². The van der Waals surface area contributed by atoms with Crippen LogP contribution in [0.2, 0.25) is 0 Å². The number of pyridine rings is 2. The molecule has 25 heavy (non-hydrogen) atoms. The summed E-state index contributed by atoms with van der Waals surface area (Å²) in [6, 6.07) is 7.31. The number of methoxy groups -OCH3 is 1. The topological polar surface area (TPSA) is 73.2 Å². The quantitative estimate of drug-likeness (QED) is 0.735. The lowest BCUT2D eigenvalue weighted by atomic mass is 10.2. The van der Waals surface area contributed by atoms with Gasteiger partial charge in [0.1, 0.15) is 5.56 Å². The van der Waals surface area contributed by atoms with Crippen LogP contribution in [0.3, 0.4) is 0 Å². The van der Waals surface area contributed by atoms with Crippen LogP contribution in [0.15, 0.2) is 41.5 Å². The van der Waals surface area contributed by atoms with E-state index in [2.05, 4.69) is 10.3 Å². The Bertz CT molecular complexity index is 929. The summed E-state index contributed by atoms with van der Waals surface area (Å²) in [6.45, 7) is 3.30. The van der Waals surface area contributed by atoms with Gasteiger partial charge in [0.25, 0.3) is 5.91 Å². The Labute approximate surface area is 149 Å². The molecule has 0 spiro atoms. The Morgan fingerprint density at radius 3 is 3.00 bits per heavy atom. The van der Waals surface area contributed by atoms with Crippen molar-refractivity contribution in [1.82, 2.24) is 14.9 Å². The molecule has 3 rings (SSSR count). The molecule has 130 valence electrons. The van der Waals surface area contributed by atoms with Crippen molar-refractivity contribution < 1.29 is 9.53 Å². The van der Waals surface area contributed by atoms with Crippen molar-refractivity contribution in [2.24, 2.45) is 0 Å². The molecule has 1 amide bonds. The molecule has 0 aliphatic carbocycles. The van der Waals surface area contributed by atoms with Crippen LogP contribution < -0.4 is 10.7 Å². The summed E-state index contributed by atoms with van der Waals surface area (Å²) in [5.41, 5.74) is 1.57. The Hall–Kier alpha value is -2.51. The fraction of sp³-hybridized carbons (Fsp3) is 0.278. The van der Waals surface area contributed by atoms with Gasteiger partial charge in [0, 0.05) is 42.7 Å². The van der Waals surface area contributed by atoms with Gasteiger partial charge in [-0.25, -0.2) is 0 Å². The predicted molar refractivity (Wildman–Crippen MR) is 98.1 cm³/mol. The third-order valence-corrected chi connectivity index (χ3v) is 4.98. The highest BCUT2D eigenvalue weighted by atomic mass is 32.1. The van der Waals surface area contributed by atoms with E-state index in [1.807, 2.05) is 29.7 Å². The second-order valence-electron chi connectivity index (χ2n) is 5.66. The fourth-order valence-corrected chi connectivity index (χ4v) is 3.50. The lowest BCUT2D eigenvalue weighted by Crippen LogP contribution is -2.29. The molecule has 0 atom stereocenters. The number of nitrogens with zero attached hydrogens (tertiary/aromatic N) is 2. The summed E-state index contributed by atoms with van der Waals surface area (Å²) >= 11 is 1.58. The molecule has 0 aliphatic rings. The zero-order valence-electron chi connectivity index (χ0n) is 14.1. The van der Waals surface area contributed by atoms with Gasteiger partial charge in [-0.1, -0.05) is 0 Å². The Morgan fingerprint density at radius 1 is 1.40 bits per heavy atom. The van der Waals surface area contributed by atoms with Crippen LogP contribution in [0.4, 0.5) is 0 Å². The second-order valence-corrected chi connectivity index (χ2v) is 6.83. The Balaban J connectivity index is 1.75. The summed E-state index contributed by atoms with van der Waals surface area (Å²) in [7, 11) is 1.62. The molecule has 0 unspecified atom stereocenters. The van der Waals surface area contributed by atoms with Gasteiger partial charge in [-0.15, -0.1) is 11.3 Å². The van der Waals surface area contributed by atoms with Gasteiger partial charge < -0.3 is 14.6 Å². The summed E-state index contributed by atoms with van der Waals surface area (Å²) < 4.78 is 7.98. The average molecular weight is 357 g/mol. The normalized spacial score (nSPS) is 11.0. The van der Waals surface area contributed by atoms with Gasteiger partial charge in [-0.2, -0.15) is 0 Å². The fourth-order valence-electron chi connectivity index (χ4n) is 2.54. The Kier molecular flexibility index (Phi) is 5.25. The molecular formula is C18H19N3O3S. The molecule has 1 N–H and O–H groups in total. The number of ether oxygens (including phenoxy) is 1. The molecule has 0 radical (unpaired) electrons. The van der Waals surface area contributed by atoms with E-state index < -0.39 is 0 Å². The third kappa shape index (κ3) is 3.94. The second kappa shape index (κ2) is 7.58. The van der Waals surface area contributed by atoms with Crippen molar-refractivity contribution in [2.75, 3.05) is 13.7 Å². The smallest absolute Gasteiger partial charge is 0.257 e. The maximum atomic E-state index is 12.4. The highest BCUT2D eigenvalue weighted by molar-refractivity contribution is 7.19. The molecule has 0 aliphatic heterocycles. The molecular weight excluding hydrogens is 338 g/mol. The van der Waals surface area contributed by atoms with Crippen LogP contribution in [0.25, 0.3) is 10.2 Å². The van der Waals surface area contributed by atoms with Gasteiger partial charge in [-0.3, -0.25) is 14.6 Å². The largest absolute Gasteiger partial charge is 0.383 e. The molecule has 0 fully saturated rings. The van der Waals surface area contributed by atoms with Gasteiger partial charge in [0.2, 0.25) is 0 Å². The van der Waals surface area contributed by atoms with E-state index in [1.165, 1.54) is 6.07 Å². The van der Waals surface area contributed by atoms with E-state index in [0.29, 0.717) is 19.7 Å². The molecule has 3 aromatic heterocycles. The molecule has 3 aromatic rings. The molecule has 0 aromatic carbocycles. The summed E-state index contributed by atoms with van der Waals surface area (Å²) in [5.74, 6) is -0.374. The number of nitrogens with one attached hydrogen (secondary N) is 1. The maximum Gasteiger partial charge on any atom is 0.257 e. The molecule has 6 nitrogen and oxygen atoms in total. The highest BCUT2D eigenvalue weighted by Gasteiger charge is 2.13. The van der Waals surface area contributed by atoms with Crippen molar-refractivity contribution in [3.05, 3.63) is 63.0 Å². The first-order valence-corrected chi connectivity index (χ1v) is 8.72. The number of carbonyl (C=O) groups is 1. The lowest BCUT2D eigenvalue weighted by molar-refractivity contribution is 0.0949. The number of aromatic nitrogens is 2. The summed E-state index contributed by atoms with van der Waals surface area (Å²) in [5, 5.41) is 2.82. The van der Waals surface area contributed by atoms with E-state index in [0.717, 1.165) is 20.8 Å². The zero-order valence-corrected chi connectivity index (χ0v) is 14.9. The standard InChI is InChI=1S/C18H19N3O3S/c1-12-8-16(22)14(11-21(12)6-7-24-2)18(23)20-10-13-9-15-17(25-13)4-3-5-19-15/h3-5,8-9,11H,6-7,10H2,1-2H3,(H,20,23). The molecule has 0 saturated carbocycles. The van der Waals surface area contributed by atoms with E-state index in [4.69, 9.17) is 4.74 Å². The first-order valence-electron chi connectivity index (χ1n) is 7.90. The van der Waals surface area contributed by atoms with E-state index >= 15 is 0 Å². The number of fused-ring (bicyclic) bond motifs is 1. The summed E-state index contributed by atoms with van der Waals surface area (Å²) in [6.07, 6.45) is 3.34. The lowest BCUT2D eigenvalue weighted by Gasteiger charge is -2.12. The van der Waals surface area contributed by atoms with Crippen LogP contribution in [0.5, 0.6) is 0 Å². The first-order chi connectivity index (χ1) is 12.1. The van der Waals surface area contributed by atoms with Crippen molar-refractivity contribution in [1.29, 1.82) is 0 Å². The first kappa shape index (κ1) is 17.3. The van der Waals surface area contributed by atoms with Crippen LogP contribution in [-0.2, 0) is 17.8 Å². The van der Waals surface area contributed by atoms with Gasteiger partial charge in [0.15, 0.2) is 5.43 Å². The summed E-state index contributed by atoms with van der Waals surface area (Å²) in [4.78, 5) is 29.8. The van der Waals surface area contributed by atoms with E-state index in [1.54, 1.807) is 30.8 Å². The van der Waals surface area contributed by atoms with Gasteiger partial charge in [0.05, 0.1) is 23.4 Å². The van der Waals surface area contributed by atoms with Gasteiger partial charge >= 0.3 is 0 Å². The number of thiophene rings is 1. The molecule has 7 heteroatoms. The van der Waals surface area contributed by atoms with Crippen molar-refractivity contribution >= 4 is 27.5 Å². The minimum absolute atomic E-state index is 0.140. The monoisotopic (exact) mass is 357 g/mol. The van der Waals surface area contributed by atoms with E-state index in [-0.39, 0.29) is 16.9 Å². The number of carbonyl (C=O) groups excluding carboxylic acids is 1. The minimum Gasteiger partial charge on any atom is -0.383 e. The number of amides is 1. The Morgan fingerprint density at radius 2 is 2.24 bits per heavy atom. The van der Waals surface area contributed by atoms with Crippen molar-refractivity contribution in [2.45, 2.75) is 20.0 Å². The number of hydrogen-bond donors (Lipinski definition) is 1. The predicted octanol–water partition coefficient (Wildman–Crippen LogP) is 2.34. The van der Waals surface area contributed by atoms with Crippen LogP contribution in [0.1, 0.15) is 20.9 Å². The number of hydrogen-bond acceptors (Lipinski definition) is 5. The van der Waals surface area contributed by atoms with E-state index in [9.17, 15) is 9.59 Å². The maximum absolute atomic E-state index is 12.4. The average Bonchev–Trinajstić information content (AvgIpc) is 3.02. The number of aryl methyl sites for hydroxylation is 1.